The van der Waals surface area contributed by atoms with E-state index in [2.05, 4.69) is 31.2 Å². The zero-order valence-electron chi connectivity index (χ0n) is 10.4. The Hall–Kier alpha value is -1.20. The van der Waals surface area contributed by atoms with E-state index in [0.29, 0.717) is 21.1 Å². The van der Waals surface area contributed by atoms with Crippen molar-refractivity contribution in [3.63, 3.8) is 0 Å². The fraction of sp³-hybridized carbons (Fsp3) is 0.231. The van der Waals surface area contributed by atoms with Crippen LogP contribution in [0.25, 0.3) is 0 Å². The van der Waals surface area contributed by atoms with Crippen LogP contribution in [-0.2, 0) is 0 Å². The standard InChI is InChI=1S/C13H12BrClFN3/c1-7(2)11-12(15)17-6-18-13(11)19-10-4-3-8(14)5-9(10)16/h3-7H,1-2H3,(H,17,18,19). The molecule has 0 aliphatic rings. The van der Waals surface area contributed by atoms with Crippen LogP contribution >= 0.6 is 27.5 Å². The summed E-state index contributed by atoms with van der Waals surface area (Å²) in [4.78, 5) is 8.09. The van der Waals surface area contributed by atoms with Gasteiger partial charge >= 0.3 is 0 Å². The molecule has 0 bridgehead atoms. The predicted octanol–water partition coefficient (Wildman–Crippen LogP) is 4.90. The van der Waals surface area contributed by atoms with Crippen LogP contribution < -0.4 is 5.32 Å². The fourth-order valence-electron chi connectivity index (χ4n) is 1.70. The number of nitrogens with zero attached hydrogens (tertiary/aromatic N) is 2. The lowest BCUT2D eigenvalue weighted by atomic mass is 10.1. The van der Waals surface area contributed by atoms with E-state index in [4.69, 9.17) is 11.6 Å². The number of anilines is 2. The molecule has 1 heterocycles. The van der Waals surface area contributed by atoms with E-state index < -0.39 is 0 Å². The van der Waals surface area contributed by atoms with Gasteiger partial charge in [0.05, 0.1) is 5.69 Å². The van der Waals surface area contributed by atoms with E-state index in [9.17, 15) is 4.39 Å². The SMILES string of the molecule is CC(C)c1c(Cl)ncnc1Nc1ccc(Br)cc1F. The summed E-state index contributed by atoms with van der Waals surface area (Å²) in [5, 5.41) is 3.34. The molecule has 0 saturated heterocycles. The van der Waals surface area contributed by atoms with Crippen LogP contribution in [0.3, 0.4) is 0 Å². The van der Waals surface area contributed by atoms with Gasteiger partial charge in [0, 0.05) is 10.0 Å². The first-order chi connectivity index (χ1) is 8.99. The first-order valence-corrected chi connectivity index (χ1v) is 6.88. The molecule has 0 aliphatic heterocycles. The maximum Gasteiger partial charge on any atom is 0.147 e. The van der Waals surface area contributed by atoms with Gasteiger partial charge in [0.25, 0.3) is 0 Å². The number of hydrogen-bond donors (Lipinski definition) is 1. The first kappa shape index (κ1) is 14.2. The molecule has 0 unspecified atom stereocenters. The van der Waals surface area contributed by atoms with E-state index >= 15 is 0 Å². The summed E-state index contributed by atoms with van der Waals surface area (Å²) < 4.78 is 14.5. The van der Waals surface area contributed by atoms with Gasteiger partial charge in [0.1, 0.15) is 23.1 Å². The number of nitrogens with one attached hydrogen (secondary N) is 1. The van der Waals surface area contributed by atoms with Gasteiger partial charge in [0.15, 0.2) is 0 Å². The molecule has 6 heteroatoms. The fourth-order valence-corrected chi connectivity index (χ4v) is 2.39. The number of aromatic nitrogens is 2. The van der Waals surface area contributed by atoms with Gasteiger partial charge in [0.2, 0.25) is 0 Å². The Morgan fingerprint density at radius 3 is 2.68 bits per heavy atom. The van der Waals surface area contributed by atoms with Crippen molar-refractivity contribution in [1.29, 1.82) is 0 Å². The van der Waals surface area contributed by atoms with E-state index in [1.807, 2.05) is 13.8 Å². The van der Waals surface area contributed by atoms with Crippen LogP contribution in [0.5, 0.6) is 0 Å². The second-order valence-corrected chi connectivity index (χ2v) is 5.60. The minimum atomic E-state index is -0.362. The van der Waals surface area contributed by atoms with E-state index in [-0.39, 0.29) is 11.7 Å². The van der Waals surface area contributed by atoms with Gasteiger partial charge in [-0.05, 0) is 24.1 Å². The minimum Gasteiger partial charge on any atom is -0.337 e. The summed E-state index contributed by atoms with van der Waals surface area (Å²) in [7, 11) is 0. The Morgan fingerprint density at radius 2 is 2.05 bits per heavy atom. The molecular formula is C13H12BrClFN3. The third kappa shape index (κ3) is 3.22. The molecule has 2 rings (SSSR count). The van der Waals surface area contributed by atoms with Gasteiger partial charge in [-0.3, -0.25) is 0 Å². The van der Waals surface area contributed by atoms with Crippen LogP contribution in [-0.4, -0.2) is 9.97 Å². The Labute approximate surface area is 124 Å². The van der Waals surface area contributed by atoms with Crippen molar-refractivity contribution in [2.24, 2.45) is 0 Å². The van der Waals surface area contributed by atoms with Crippen LogP contribution in [0.15, 0.2) is 29.0 Å². The highest BCUT2D eigenvalue weighted by molar-refractivity contribution is 9.10. The van der Waals surface area contributed by atoms with Crippen molar-refractivity contribution < 1.29 is 4.39 Å². The second-order valence-electron chi connectivity index (χ2n) is 4.33. The van der Waals surface area contributed by atoms with Gasteiger partial charge < -0.3 is 5.32 Å². The Kier molecular flexibility index (Phi) is 4.37. The molecule has 2 aromatic rings. The molecule has 0 atom stereocenters. The number of rotatable bonds is 3. The lowest BCUT2D eigenvalue weighted by molar-refractivity contribution is 0.631. The first-order valence-electron chi connectivity index (χ1n) is 5.71. The summed E-state index contributed by atoms with van der Waals surface area (Å²) in [5.41, 5.74) is 1.12. The topological polar surface area (TPSA) is 37.8 Å². The maximum absolute atomic E-state index is 13.8. The average Bonchev–Trinajstić information content (AvgIpc) is 2.32. The highest BCUT2D eigenvalue weighted by Gasteiger charge is 2.14. The minimum absolute atomic E-state index is 0.134. The molecule has 3 nitrogen and oxygen atoms in total. The van der Waals surface area contributed by atoms with Gasteiger partial charge in [-0.2, -0.15) is 0 Å². The van der Waals surface area contributed by atoms with Gasteiger partial charge in [-0.25, -0.2) is 14.4 Å². The van der Waals surface area contributed by atoms with Crippen molar-refractivity contribution in [2.45, 2.75) is 19.8 Å². The van der Waals surface area contributed by atoms with Crippen LogP contribution in [0.1, 0.15) is 25.3 Å². The van der Waals surface area contributed by atoms with Gasteiger partial charge in [-0.15, -0.1) is 0 Å². The van der Waals surface area contributed by atoms with Crippen molar-refractivity contribution in [2.75, 3.05) is 5.32 Å². The van der Waals surface area contributed by atoms with Crippen molar-refractivity contribution >= 4 is 39.0 Å². The molecule has 19 heavy (non-hydrogen) atoms. The summed E-state index contributed by atoms with van der Waals surface area (Å²) in [6.07, 6.45) is 1.35. The molecule has 1 aromatic heterocycles. The number of halogens is 3. The quantitative estimate of drug-likeness (QED) is 0.805. The van der Waals surface area contributed by atoms with Crippen molar-refractivity contribution in [3.8, 4) is 0 Å². The Bertz CT molecular complexity index is 604. The molecule has 1 N–H and O–H groups in total. The smallest absolute Gasteiger partial charge is 0.147 e. The van der Waals surface area contributed by atoms with Crippen molar-refractivity contribution in [3.05, 3.63) is 45.5 Å². The predicted molar refractivity (Wildman–Crippen MR) is 78.5 cm³/mol. The lowest BCUT2D eigenvalue weighted by Crippen LogP contribution is -2.04. The summed E-state index contributed by atoms with van der Waals surface area (Å²) in [5.74, 6) is 0.296. The van der Waals surface area contributed by atoms with E-state index in [1.54, 1.807) is 12.1 Å². The van der Waals surface area contributed by atoms with Crippen LogP contribution in [0.4, 0.5) is 15.9 Å². The summed E-state index contributed by atoms with van der Waals surface area (Å²) in [6.45, 7) is 3.96. The lowest BCUT2D eigenvalue weighted by Gasteiger charge is -2.14. The van der Waals surface area contributed by atoms with Crippen LogP contribution in [0, 0.1) is 5.82 Å². The molecule has 0 aliphatic carbocycles. The van der Waals surface area contributed by atoms with E-state index in [1.165, 1.54) is 12.4 Å². The third-order valence-electron chi connectivity index (χ3n) is 2.60. The average molecular weight is 345 g/mol. The Morgan fingerprint density at radius 1 is 1.32 bits per heavy atom. The molecule has 0 saturated carbocycles. The zero-order chi connectivity index (χ0) is 14.0. The highest BCUT2D eigenvalue weighted by atomic mass is 79.9. The highest BCUT2D eigenvalue weighted by Crippen LogP contribution is 2.31. The second kappa shape index (κ2) is 5.84. The molecule has 0 amide bonds. The zero-order valence-corrected chi connectivity index (χ0v) is 12.8. The Balaban J connectivity index is 2.41. The normalized spacial score (nSPS) is 10.8. The summed E-state index contributed by atoms with van der Waals surface area (Å²) >= 11 is 9.28. The molecule has 100 valence electrons. The number of hydrogen-bond acceptors (Lipinski definition) is 3. The van der Waals surface area contributed by atoms with Crippen LogP contribution in [0.2, 0.25) is 5.15 Å². The summed E-state index contributed by atoms with van der Waals surface area (Å²) in [6, 6.07) is 4.78. The monoisotopic (exact) mass is 343 g/mol. The van der Waals surface area contributed by atoms with Crippen molar-refractivity contribution in [1.82, 2.24) is 9.97 Å². The molecule has 0 fully saturated rings. The molecule has 0 spiro atoms. The van der Waals surface area contributed by atoms with E-state index in [0.717, 1.165) is 5.56 Å². The number of benzene rings is 1. The molecular weight excluding hydrogens is 333 g/mol. The largest absolute Gasteiger partial charge is 0.337 e. The molecule has 0 radical (unpaired) electrons. The van der Waals surface area contributed by atoms with Gasteiger partial charge in [-0.1, -0.05) is 41.4 Å². The maximum atomic E-state index is 13.8. The third-order valence-corrected chi connectivity index (χ3v) is 3.39. The molecule has 1 aromatic carbocycles.